The molecule has 0 radical (unpaired) electrons. The summed E-state index contributed by atoms with van der Waals surface area (Å²) in [7, 11) is 1.21. The second kappa shape index (κ2) is 18.3. The number of ether oxygens (including phenoxy) is 1. The van der Waals surface area contributed by atoms with Gasteiger partial charge in [0.1, 0.15) is 12.1 Å². The van der Waals surface area contributed by atoms with Crippen LogP contribution >= 0.6 is 0 Å². The molecule has 0 bridgehead atoms. The molecule has 13 nitrogen and oxygen atoms in total. The molecule has 0 unspecified atom stereocenters. The Kier molecular flexibility index (Phi) is 14.5. The molecule has 1 aromatic heterocycles. The van der Waals surface area contributed by atoms with E-state index in [4.69, 9.17) is 4.74 Å². The third-order valence-electron chi connectivity index (χ3n) is 8.65. The van der Waals surface area contributed by atoms with Crippen molar-refractivity contribution in [1.29, 1.82) is 0 Å². The zero-order chi connectivity index (χ0) is 37.8. The lowest BCUT2D eigenvalue weighted by Gasteiger charge is -2.35. The molecule has 2 aromatic carbocycles. The molecular weight excluding hydrogens is 654 g/mol. The van der Waals surface area contributed by atoms with Gasteiger partial charge < -0.3 is 41.3 Å². The average Bonchev–Trinajstić information content (AvgIpc) is 3.09. The van der Waals surface area contributed by atoms with E-state index in [-0.39, 0.29) is 19.3 Å². The van der Waals surface area contributed by atoms with Crippen LogP contribution in [0.4, 0.5) is 9.59 Å². The van der Waals surface area contributed by atoms with Crippen molar-refractivity contribution in [3.8, 4) is 11.3 Å². The van der Waals surface area contributed by atoms with Crippen molar-refractivity contribution in [3.05, 3.63) is 90.1 Å². The first-order valence-electron chi connectivity index (χ1n) is 16.8. The molecule has 7 N–H and O–H groups in total. The predicted octanol–water partition coefficient (Wildman–Crippen LogP) is 3.68. The molecule has 1 heterocycles. The van der Waals surface area contributed by atoms with Crippen LogP contribution in [0.3, 0.4) is 0 Å². The summed E-state index contributed by atoms with van der Waals surface area (Å²) in [5, 5.41) is 41.9. The van der Waals surface area contributed by atoms with Crippen molar-refractivity contribution in [3.63, 3.8) is 0 Å². The summed E-state index contributed by atoms with van der Waals surface area (Å²) in [6.07, 6.45) is -1.30. The molecule has 5 atom stereocenters. The number of nitrogens with zero attached hydrogens (tertiary/aromatic N) is 1. The highest BCUT2D eigenvalue weighted by Crippen LogP contribution is 2.24. The van der Waals surface area contributed by atoms with E-state index in [2.05, 4.69) is 26.3 Å². The number of amides is 4. The van der Waals surface area contributed by atoms with E-state index >= 15 is 0 Å². The second-order valence-corrected chi connectivity index (χ2v) is 14.4. The number of carbonyl (C=O) groups is 4. The molecule has 3 aromatic rings. The van der Waals surface area contributed by atoms with E-state index in [9.17, 15) is 34.5 Å². The van der Waals surface area contributed by atoms with Gasteiger partial charge in [-0.1, -0.05) is 95.3 Å². The van der Waals surface area contributed by atoms with Gasteiger partial charge in [0, 0.05) is 23.2 Å². The fraction of sp³-hybridized carbons (Fsp3) is 0.447. The molecule has 0 spiro atoms. The van der Waals surface area contributed by atoms with Gasteiger partial charge in [0.25, 0.3) is 0 Å². The minimum atomic E-state index is -1.44. The largest absolute Gasteiger partial charge is 0.465 e. The zero-order valence-electron chi connectivity index (χ0n) is 30.1. The fourth-order valence-corrected chi connectivity index (χ4v) is 5.66. The minimum Gasteiger partial charge on any atom is -0.465 e. The summed E-state index contributed by atoms with van der Waals surface area (Å²) in [5.41, 5.74) is 1.46. The Morgan fingerprint density at radius 1 is 0.765 bits per heavy atom. The van der Waals surface area contributed by atoms with Gasteiger partial charge in [-0.25, -0.2) is 9.59 Å². The lowest BCUT2D eigenvalue weighted by Crippen LogP contribution is -2.59. The van der Waals surface area contributed by atoms with Gasteiger partial charge in [0.2, 0.25) is 11.8 Å². The van der Waals surface area contributed by atoms with Crippen LogP contribution in [0.1, 0.15) is 52.2 Å². The summed E-state index contributed by atoms with van der Waals surface area (Å²) in [6.45, 7) is 8.01. The number of hydrogen-bond acceptors (Lipinski definition) is 8. The summed E-state index contributed by atoms with van der Waals surface area (Å²) < 4.78 is 4.77. The van der Waals surface area contributed by atoms with Crippen molar-refractivity contribution < 1.29 is 39.2 Å². The molecular formula is C38H51N5O8. The molecule has 4 amide bonds. The summed E-state index contributed by atoms with van der Waals surface area (Å²) >= 11 is 0. The van der Waals surface area contributed by atoms with Gasteiger partial charge in [-0.05, 0) is 47.9 Å². The normalized spacial score (nSPS) is 14.6. The quantitative estimate of drug-likeness (QED) is 0.116. The number of benzene rings is 2. The van der Waals surface area contributed by atoms with Crippen LogP contribution in [-0.4, -0.2) is 88.3 Å². The molecule has 51 heavy (non-hydrogen) atoms. The standard InChI is InChI=1S/C38H51N5O8/c1-37(2,3)31(43-36(50)51-6)33(46)40-27(20-25-15-17-26(18-16-25)28-14-10-11-19-39-28)22-30(45)29(21-24-12-8-7-9-13-24)41-34(47)32(42-35(48)49)38(4,5)23-44/h7-19,27,29-32,42,44-45H,20-23H2,1-6H3,(H,40,46)(H,41,47)(H,43,50)(H,48,49)/t27-,29-,30-,31+,32+/m0/s1. The third kappa shape index (κ3) is 12.4. The lowest BCUT2D eigenvalue weighted by molar-refractivity contribution is -0.129. The number of rotatable bonds is 16. The molecule has 0 aliphatic heterocycles. The van der Waals surface area contributed by atoms with E-state index in [0.717, 1.165) is 22.4 Å². The number of methoxy groups -OCH3 is 1. The second-order valence-electron chi connectivity index (χ2n) is 14.4. The smallest absolute Gasteiger partial charge is 0.407 e. The Hall–Kier alpha value is -5.01. The number of aliphatic hydroxyl groups excluding tert-OH is 2. The maximum Gasteiger partial charge on any atom is 0.407 e. The lowest BCUT2D eigenvalue weighted by atomic mass is 9.84. The van der Waals surface area contributed by atoms with Gasteiger partial charge in [-0.3, -0.25) is 14.6 Å². The summed E-state index contributed by atoms with van der Waals surface area (Å²) in [4.78, 5) is 55.7. The zero-order valence-corrected chi connectivity index (χ0v) is 30.1. The Morgan fingerprint density at radius 3 is 1.92 bits per heavy atom. The van der Waals surface area contributed by atoms with E-state index in [1.165, 1.54) is 7.11 Å². The fourth-order valence-electron chi connectivity index (χ4n) is 5.66. The first-order valence-corrected chi connectivity index (χ1v) is 16.8. The first kappa shape index (κ1) is 40.4. The van der Waals surface area contributed by atoms with Crippen molar-refractivity contribution in [2.24, 2.45) is 10.8 Å². The van der Waals surface area contributed by atoms with Crippen LogP contribution in [0.5, 0.6) is 0 Å². The molecule has 3 rings (SSSR count). The Bertz CT molecular complexity index is 1580. The Balaban J connectivity index is 1.96. The molecule has 0 aliphatic rings. The monoisotopic (exact) mass is 705 g/mol. The SMILES string of the molecule is COC(=O)N[C@H](C(=O)N[C@@H](Cc1ccc(-c2ccccn2)cc1)C[C@H](O)[C@H](Cc1ccccc1)NC(=O)[C@@H](NC(=O)O)C(C)(C)CO)C(C)(C)C. The highest BCUT2D eigenvalue weighted by Gasteiger charge is 2.39. The molecule has 0 fully saturated rings. The maximum absolute atomic E-state index is 13.8. The number of pyridine rings is 1. The Labute approximate surface area is 299 Å². The van der Waals surface area contributed by atoms with Gasteiger partial charge in [0.05, 0.1) is 31.6 Å². The number of nitrogens with one attached hydrogen (secondary N) is 4. The van der Waals surface area contributed by atoms with Crippen LogP contribution < -0.4 is 21.3 Å². The van der Waals surface area contributed by atoms with Gasteiger partial charge in [0.15, 0.2) is 0 Å². The van der Waals surface area contributed by atoms with Crippen molar-refractivity contribution >= 4 is 24.0 Å². The van der Waals surface area contributed by atoms with E-state index < -0.39 is 71.7 Å². The number of carboxylic acid groups (broad SMARTS) is 1. The number of aliphatic hydroxyl groups is 2. The van der Waals surface area contributed by atoms with E-state index in [1.54, 1.807) is 40.8 Å². The van der Waals surface area contributed by atoms with Crippen LogP contribution in [0.25, 0.3) is 11.3 Å². The van der Waals surface area contributed by atoms with Crippen LogP contribution in [-0.2, 0) is 27.2 Å². The molecule has 13 heteroatoms. The van der Waals surface area contributed by atoms with Crippen LogP contribution in [0.15, 0.2) is 79.0 Å². The van der Waals surface area contributed by atoms with Crippen molar-refractivity contribution in [2.45, 2.75) is 84.2 Å². The highest BCUT2D eigenvalue weighted by atomic mass is 16.5. The Morgan fingerprint density at radius 2 is 1.37 bits per heavy atom. The molecule has 0 aliphatic carbocycles. The van der Waals surface area contributed by atoms with Gasteiger partial charge in [-0.2, -0.15) is 0 Å². The molecule has 0 saturated carbocycles. The van der Waals surface area contributed by atoms with Crippen molar-refractivity contribution in [2.75, 3.05) is 13.7 Å². The maximum atomic E-state index is 13.8. The summed E-state index contributed by atoms with van der Waals surface area (Å²) in [5.74, 6) is -1.22. The van der Waals surface area contributed by atoms with E-state index in [1.807, 2.05) is 72.8 Å². The topological polar surface area (TPSA) is 199 Å². The van der Waals surface area contributed by atoms with Gasteiger partial charge in [-0.15, -0.1) is 0 Å². The average molecular weight is 706 g/mol. The first-order chi connectivity index (χ1) is 24.0. The number of carbonyl (C=O) groups excluding carboxylic acids is 3. The van der Waals surface area contributed by atoms with Crippen molar-refractivity contribution in [1.82, 2.24) is 26.3 Å². The predicted molar refractivity (Wildman–Crippen MR) is 193 cm³/mol. The minimum absolute atomic E-state index is 0.0268. The number of aromatic nitrogens is 1. The van der Waals surface area contributed by atoms with Gasteiger partial charge >= 0.3 is 12.2 Å². The van der Waals surface area contributed by atoms with E-state index in [0.29, 0.717) is 0 Å². The van der Waals surface area contributed by atoms with Crippen LogP contribution in [0, 0.1) is 10.8 Å². The summed E-state index contributed by atoms with van der Waals surface area (Å²) in [6, 6.07) is 18.5. The molecule has 0 saturated heterocycles. The third-order valence-corrected chi connectivity index (χ3v) is 8.65. The molecule has 276 valence electrons. The van der Waals surface area contributed by atoms with Crippen LogP contribution in [0.2, 0.25) is 0 Å². The number of alkyl carbamates (subject to hydrolysis) is 1. The number of hydrogen-bond donors (Lipinski definition) is 7. The highest BCUT2D eigenvalue weighted by molar-refractivity contribution is 5.87.